The molecule has 0 saturated carbocycles. The lowest BCUT2D eigenvalue weighted by Gasteiger charge is -2.14. The number of carboxylic acid groups (broad SMARTS) is 1. The van der Waals surface area contributed by atoms with E-state index in [9.17, 15) is 4.79 Å². The normalized spacial score (nSPS) is 12.5. The molecule has 0 aliphatic rings. The second kappa shape index (κ2) is 13.9. The Morgan fingerprint density at radius 2 is 1.92 bits per heavy atom. The van der Waals surface area contributed by atoms with E-state index < -0.39 is 12.6 Å². The molecule has 0 aromatic carbocycles. The molecule has 0 atom stereocenters. The van der Waals surface area contributed by atoms with Crippen LogP contribution in [-0.2, 0) is 19.0 Å². The molecule has 5 heteroatoms. The van der Waals surface area contributed by atoms with Gasteiger partial charge in [-0.25, -0.2) is 4.79 Å². The Hall–Kier alpha value is -2.53. The minimum absolute atomic E-state index is 0.175. The minimum atomic E-state index is -1.06. The average molecular weight is 348 g/mol. The third-order valence-corrected chi connectivity index (χ3v) is 2.86. The van der Waals surface area contributed by atoms with Gasteiger partial charge in [-0.3, -0.25) is 0 Å². The highest BCUT2D eigenvalue weighted by atomic mass is 16.5. The molecule has 0 bridgehead atoms. The zero-order valence-corrected chi connectivity index (χ0v) is 15.1. The average Bonchev–Trinajstić information content (AvgIpc) is 2.56. The Morgan fingerprint density at radius 1 is 1.20 bits per heavy atom. The maximum absolute atomic E-state index is 10.7. The summed E-state index contributed by atoms with van der Waals surface area (Å²) in [6, 6.07) is 0. The molecular formula is C20H28O5. The van der Waals surface area contributed by atoms with Gasteiger partial charge in [0.2, 0.25) is 0 Å². The van der Waals surface area contributed by atoms with Crippen LogP contribution < -0.4 is 0 Å². The smallest absolute Gasteiger partial charge is 0.341 e. The molecule has 25 heavy (non-hydrogen) atoms. The van der Waals surface area contributed by atoms with Gasteiger partial charge in [-0.15, -0.1) is 6.58 Å². The standard InChI is InChI=1S/C20H28O5/c1-6-9-12-23-13-11-18(10-7-2)24-14-17(8-3)20(16(4)5)25-15-19(21)22/h6-8,10-11H,1,3-4,9,12-15H2,2,5H3,(H,21,22)/b10-7-,18-11+,20-17-. The fourth-order valence-electron chi connectivity index (χ4n) is 1.73. The van der Waals surface area contributed by atoms with Gasteiger partial charge in [0.1, 0.15) is 18.1 Å². The van der Waals surface area contributed by atoms with Crippen molar-refractivity contribution in [2.45, 2.75) is 20.3 Å². The highest BCUT2D eigenvalue weighted by Gasteiger charge is 2.10. The molecule has 0 spiro atoms. The number of ether oxygens (including phenoxy) is 3. The number of carboxylic acids is 1. The van der Waals surface area contributed by atoms with Gasteiger partial charge < -0.3 is 19.3 Å². The highest BCUT2D eigenvalue weighted by molar-refractivity contribution is 5.68. The van der Waals surface area contributed by atoms with Gasteiger partial charge in [0, 0.05) is 5.57 Å². The molecule has 138 valence electrons. The van der Waals surface area contributed by atoms with Gasteiger partial charge in [0.05, 0.1) is 13.2 Å². The minimum Gasteiger partial charge on any atom is -0.489 e. The van der Waals surface area contributed by atoms with Crippen LogP contribution in [0, 0.1) is 0 Å². The molecule has 0 aromatic heterocycles. The first-order valence-corrected chi connectivity index (χ1v) is 7.96. The summed E-state index contributed by atoms with van der Waals surface area (Å²) in [4.78, 5) is 10.7. The van der Waals surface area contributed by atoms with Crippen molar-refractivity contribution in [1.82, 2.24) is 0 Å². The van der Waals surface area contributed by atoms with Crippen molar-refractivity contribution >= 4 is 5.97 Å². The third kappa shape index (κ3) is 10.8. The van der Waals surface area contributed by atoms with E-state index in [0.717, 1.165) is 6.42 Å². The van der Waals surface area contributed by atoms with Crippen LogP contribution >= 0.6 is 0 Å². The SMILES string of the molecule is C=CCCOC/C=C(\C=C/C)OC/C(C=C)=C(\OCC(=O)O)C(=C)C. The molecule has 0 rings (SSSR count). The quantitative estimate of drug-likeness (QED) is 0.221. The van der Waals surface area contributed by atoms with Crippen molar-refractivity contribution in [3.63, 3.8) is 0 Å². The predicted molar refractivity (Wildman–Crippen MR) is 100 cm³/mol. The van der Waals surface area contributed by atoms with Crippen LogP contribution in [0.5, 0.6) is 0 Å². The Kier molecular flexibility index (Phi) is 12.5. The first-order valence-electron chi connectivity index (χ1n) is 7.96. The second-order valence-electron chi connectivity index (χ2n) is 5.07. The van der Waals surface area contributed by atoms with Crippen molar-refractivity contribution in [1.29, 1.82) is 0 Å². The van der Waals surface area contributed by atoms with Crippen molar-refractivity contribution in [3.8, 4) is 0 Å². The van der Waals surface area contributed by atoms with Crippen LogP contribution in [0.1, 0.15) is 20.3 Å². The number of aliphatic carboxylic acids is 1. The first kappa shape index (κ1) is 22.5. The zero-order chi connectivity index (χ0) is 19.1. The van der Waals surface area contributed by atoms with Gasteiger partial charge >= 0.3 is 5.97 Å². The van der Waals surface area contributed by atoms with E-state index in [1.807, 2.05) is 25.2 Å². The summed E-state index contributed by atoms with van der Waals surface area (Å²) in [5.74, 6) is -0.0477. The summed E-state index contributed by atoms with van der Waals surface area (Å²) >= 11 is 0. The number of hydrogen-bond donors (Lipinski definition) is 1. The Morgan fingerprint density at radius 3 is 2.44 bits per heavy atom. The topological polar surface area (TPSA) is 65.0 Å². The van der Waals surface area contributed by atoms with Gasteiger partial charge in [0.25, 0.3) is 0 Å². The first-order chi connectivity index (χ1) is 12.0. The van der Waals surface area contributed by atoms with Crippen LogP contribution in [0.15, 0.2) is 72.8 Å². The van der Waals surface area contributed by atoms with Gasteiger partial charge in [-0.05, 0) is 38.0 Å². The molecule has 0 aromatic rings. The van der Waals surface area contributed by atoms with Crippen molar-refractivity contribution < 1.29 is 24.1 Å². The highest BCUT2D eigenvalue weighted by Crippen LogP contribution is 2.17. The molecule has 0 aliphatic carbocycles. The molecule has 0 unspecified atom stereocenters. The summed E-state index contributed by atoms with van der Waals surface area (Å²) in [5, 5.41) is 8.77. The molecule has 0 heterocycles. The fourth-order valence-corrected chi connectivity index (χ4v) is 1.73. The molecule has 0 radical (unpaired) electrons. The lowest BCUT2D eigenvalue weighted by Crippen LogP contribution is -2.10. The van der Waals surface area contributed by atoms with Crippen LogP contribution in [0.4, 0.5) is 0 Å². The molecule has 0 amide bonds. The van der Waals surface area contributed by atoms with E-state index in [-0.39, 0.29) is 6.61 Å². The predicted octanol–water partition coefficient (Wildman–Crippen LogP) is 4.17. The fraction of sp³-hybridized carbons (Fsp3) is 0.350. The van der Waals surface area contributed by atoms with Crippen molar-refractivity contribution in [2.75, 3.05) is 26.4 Å². The zero-order valence-electron chi connectivity index (χ0n) is 15.1. The van der Waals surface area contributed by atoms with Crippen LogP contribution in [0.25, 0.3) is 0 Å². The Labute approximate surface area is 150 Å². The Bertz CT molecular complexity index is 552. The van der Waals surface area contributed by atoms with E-state index in [2.05, 4.69) is 19.7 Å². The van der Waals surface area contributed by atoms with Crippen LogP contribution in [0.3, 0.4) is 0 Å². The summed E-state index contributed by atoms with van der Waals surface area (Å²) in [7, 11) is 0. The third-order valence-electron chi connectivity index (χ3n) is 2.86. The molecule has 0 fully saturated rings. The number of carbonyl (C=O) groups is 1. The van der Waals surface area contributed by atoms with E-state index in [1.54, 1.807) is 19.1 Å². The maximum Gasteiger partial charge on any atom is 0.341 e. The maximum atomic E-state index is 10.7. The van der Waals surface area contributed by atoms with Crippen molar-refractivity contribution in [2.24, 2.45) is 0 Å². The van der Waals surface area contributed by atoms with Crippen molar-refractivity contribution in [3.05, 3.63) is 72.8 Å². The summed E-state index contributed by atoms with van der Waals surface area (Å²) in [6.07, 6.45) is 9.65. The van der Waals surface area contributed by atoms with E-state index in [0.29, 0.717) is 35.9 Å². The summed E-state index contributed by atoms with van der Waals surface area (Å²) < 4.78 is 16.5. The lowest BCUT2D eigenvalue weighted by molar-refractivity contribution is -0.140. The van der Waals surface area contributed by atoms with E-state index >= 15 is 0 Å². The number of allylic oxidation sites excluding steroid dienone is 3. The molecule has 0 aliphatic heterocycles. The van der Waals surface area contributed by atoms with Gasteiger partial charge in [-0.2, -0.15) is 0 Å². The second-order valence-corrected chi connectivity index (χ2v) is 5.07. The van der Waals surface area contributed by atoms with Crippen LogP contribution in [-0.4, -0.2) is 37.5 Å². The van der Waals surface area contributed by atoms with Crippen LogP contribution in [0.2, 0.25) is 0 Å². The number of rotatable bonds is 14. The largest absolute Gasteiger partial charge is 0.489 e. The monoisotopic (exact) mass is 348 g/mol. The molecule has 1 N–H and O–H groups in total. The summed E-state index contributed by atoms with van der Waals surface area (Å²) in [6.45, 7) is 15.5. The number of hydrogen-bond acceptors (Lipinski definition) is 4. The lowest BCUT2D eigenvalue weighted by atomic mass is 10.1. The molecular weight excluding hydrogens is 320 g/mol. The van der Waals surface area contributed by atoms with E-state index in [1.165, 1.54) is 0 Å². The Balaban J connectivity index is 4.98. The molecule has 5 nitrogen and oxygen atoms in total. The molecule has 0 saturated heterocycles. The van der Waals surface area contributed by atoms with Gasteiger partial charge in [-0.1, -0.05) is 31.4 Å². The van der Waals surface area contributed by atoms with Gasteiger partial charge in [0.15, 0.2) is 6.61 Å². The summed E-state index contributed by atoms with van der Waals surface area (Å²) in [5.41, 5.74) is 1.22. The van der Waals surface area contributed by atoms with E-state index in [4.69, 9.17) is 19.3 Å².